The Morgan fingerprint density at radius 3 is 2.80 bits per heavy atom. The second-order valence-corrected chi connectivity index (χ2v) is 5.72. The molecule has 1 amide bonds. The van der Waals surface area contributed by atoms with Crippen molar-refractivity contribution in [2.45, 2.75) is 0 Å². The highest BCUT2D eigenvalue weighted by Crippen LogP contribution is 2.32. The first kappa shape index (κ1) is 16.8. The summed E-state index contributed by atoms with van der Waals surface area (Å²) in [4.78, 5) is 30.1. The first-order valence-electron chi connectivity index (χ1n) is 7.45. The van der Waals surface area contributed by atoms with Crippen molar-refractivity contribution >= 4 is 40.3 Å². The van der Waals surface area contributed by atoms with E-state index in [0.29, 0.717) is 22.1 Å². The van der Waals surface area contributed by atoms with Gasteiger partial charge in [-0.3, -0.25) is 9.59 Å². The number of carboxylic acids is 1. The van der Waals surface area contributed by atoms with Gasteiger partial charge in [0.15, 0.2) is 0 Å². The molecule has 7 nitrogen and oxygen atoms in total. The van der Waals surface area contributed by atoms with E-state index in [1.54, 1.807) is 30.5 Å². The molecule has 0 aliphatic carbocycles. The smallest absolute Gasteiger partial charge is 0.322 e. The maximum atomic E-state index is 12.0. The number of hydrogen-bond donors (Lipinski definition) is 4. The number of aliphatic carboxylic acids is 1. The minimum Gasteiger partial charge on any atom is -0.480 e. The largest absolute Gasteiger partial charge is 0.480 e. The summed E-state index contributed by atoms with van der Waals surface area (Å²) in [5.41, 5.74) is 2.55. The molecule has 0 aliphatic rings. The maximum absolute atomic E-state index is 12.0. The molecule has 0 saturated carbocycles. The molecule has 0 spiro atoms. The zero-order valence-corrected chi connectivity index (χ0v) is 14.0. The first-order valence-corrected chi connectivity index (χ1v) is 7.83. The fourth-order valence-corrected chi connectivity index (χ4v) is 2.74. The second-order valence-electron chi connectivity index (χ2n) is 5.32. The number of anilines is 1. The van der Waals surface area contributed by atoms with Gasteiger partial charge in [0.1, 0.15) is 18.0 Å². The van der Waals surface area contributed by atoms with Crippen LogP contribution in [0.25, 0.3) is 22.2 Å². The van der Waals surface area contributed by atoms with Gasteiger partial charge in [-0.25, -0.2) is 4.98 Å². The van der Waals surface area contributed by atoms with Gasteiger partial charge in [-0.1, -0.05) is 17.7 Å². The summed E-state index contributed by atoms with van der Waals surface area (Å²) in [5.74, 6) is -0.845. The van der Waals surface area contributed by atoms with Gasteiger partial charge in [0, 0.05) is 18.6 Å². The molecule has 25 heavy (non-hydrogen) atoms. The van der Waals surface area contributed by atoms with E-state index in [1.807, 2.05) is 6.07 Å². The Bertz CT molecular complexity index is 968. The van der Waals surface area contributed by atoms with Gasteiger partial charge < -0.3 is 20.7 Å². The molecule has 0 bridgehead atoms. The lowest BCUT2D eigenvalue weighted by atomic mass is 10.0. The van der Waals surface area contributed by atoms with Crippen LogP contribution in [0.4, 0.5) is 5.82 Å². The Hall–Kier alpha value is -3.06. The van der Waals surface area contributed by atoms with Crippen molar-refractivity contribution in [3.63, 3.8) is 0 Å². The molecule has 0 unspecified atom stereocenters. The number of amides is 1. The number of carbonyl (C=O) groups excluding carboxylic acids is 1. The van der Waals surface area contributed by atoms with Crippen LogP contribution in [0.5, 0.6) is 0 Å². The van der Waals surface area contributed by atoms with Crippen molar-refractivity contribution in [3.8, 4) is 11.1 Å². The maximum Gasteiger partial charge on any atom is 0.322 e. The van der Waals surface area contributed by atoms with E-state index >= 15 is 0 Å². The van der Waals surface area contributed by atoms with Gasteiger partial charge in [0.2, 0.25) is 0 Å². The molecule has 0 radical (unpaired) electrons. The molecule has 8 heteroatoms. The number of carbonyl (C=O) groups is 2. The Labute approximate surface area is 148 Å². The molecular formula is C17H15ClN4O3. The molecule has 2 heterocycles. The third kappa shape index (κ3) is 3.41. The van der Waals surface area contributed by atoms with E-state index in [0.717, 1.165) is 16.5 Å². The van der Waals surface area contributed by atoms with Crippen molar-refractivity contribution in [1.82, 2.24) is 15.3 Å². The van der Waals surface area contributed by atoms with Gasteiger partial charge in [-0.05, 0) is 35.4 Å². The van der Waals surface area contributed by atoms with Crippen molar-refractivity contribution in [2.24, 2.45) is 0 Å². The summed E-state index contributed by atoms with van der Waals surface area (Å²) in [5, 5.41) is 15.4. The average Bonchev–Trinajstić information content (AvgIpc) is 3.07. The van der Waals surface area contributed by atoms with Gasteiger partial charge in [-0.15, -0.1) is 0 Å². The predicted octanol–water partition coefficient (Wildman–Crippen LogP) is 2.74. The van der Waals surface area contributed by atoms with Gasteiger partial charge in [0.25, 0.3) is 5.91 Å². The highest BCUT2D eigenvalue weighted by molar-refractivity contribution is 6.34. The summed E-state index contributed by atoms with van der Waals surface area (Å²) in [6.45, 7) is -0.247. The Morgan fingerprint density at radius 1 is 1.28 bits per heavy atom. The SMILES string of the molecule is CNC(=O)c1cc(-c2cc(NCC(=O)O)nc3[nH]ccc23)ccc1Cl. The lowest BCUT2D eigenvalue weighted by Gasteiger charge is -2.10. The van der Waals surface area contributed by atoms with E-state index in [9.17, 15) is 9.59 Å². The predicted molar refractivity (Wildman–Crippen MR) is 96.1 cm³/mol. The van der Waals surface area contributed by atoms with Crippen molar-refractivity contribution in [3.05, 3.63) is 47.1 Å². The lowest BCUT2D eigenvalue weighted by Crippen LogP contribution is -2.18. The molecular weight excluding hydrogens is 344 g/mol. The number of aromatic amines is 1. The van der Waals surface area contributed by atoms with Gasteiger partial charge in [0.05, 0.1) is 10.6 Å². The van der Waals surface area contributed by atoms with Crippen molar-refractivity contribution in [1.29, 1.82) is 0 Å². The van der Waals surface area contributed by atoms with Crippen LogP contribution in [0.2, 0.25) is 5.02 Å². The number of hydrogen-bond acceptors (Lipinski definition) is 4. The number of halogens is 1. The molecule has 3 rings (SSSR count). The van der Waals surface area contributed by atoms with Crippen LogP contribution in [0, 0.1) is 0 Å². The lowest BCUT2D eigenvalue weighted by molar-refractivity contribution is -0.134. The fraction of sp³-hybridized carbons (Fsp3) is 0.118. The minimum atomic E-state index is -0.983. The molecule has 0 aliphatic heterocycles. The molecule has 4 N–H and O–H groups in total. The highest BCUT2D eigenvalue weighted by Gasteiger charge is 2.14. The highest BCUT2D eigenvalue weighted by atomic mass is 35.5. The summed E-state index contributed by atoms with van der Waals surface area (Å²) in [6, 6.07) is 8.77. The minimum absolute atomic E-state index is 0.247. The van der Waals surface area contributed by atoms with Crippen LogP contribution in [0.15, 0.2) is 36.5 Å². The summed E-state index contributed by atoms with van der Waals surface area (Å²) < 4.78 is 0. The average molecular weight is 359 g/mol. The van der Waals surface area contributed by atoms with Crippen LogP contribution in [-0.4, -0.2) is 40.5 Å². The Morgan fingerprint density at radius 2 is 2.08 bits per heavy atom. The standard InChI is InChI=1S/C17H15ClN4O3/c1-19-17(25)12-6-9(2-3-13(12)18)11-7-14(21-8-15(23)24)22-16-10(11)4-5-20-16/h2-7H,8H2,1H3,(H,19,25)(H,23,24)(H2,20,21,22). The quantitative estimate of drug-likeness (QED) is 0.561. The Balaban J connectivity index is 2.12. The van der Waals surface area contributed by atoms with Crippen LogP contribution in [-0.2, 0) is 4.79 Å². The number of H-pyrrole nitrogens is 1. The van der Waals surface area contributed by atoms with Crippen molar-refractivity contribution in [2.75, 3.05) is 18.9 Å². The molecule has 1 aromatic carbocycles. The van der Waals surface area contributed by atoms with Crippen LogP contribution >= 0.6 is 11.6 Å². The summed E-state index contributed by atoms with van der Waals surface area (Å²) >= 11 is 6.11. The van der Waals surface area contributed by atoms with Crippen LogP contribution < -0.4 is 10.6 Å². The van der Waals surface area contributed by atoms with Gasteiger partial charge >= 0.3 is 5.97 Å². The molecule has 128 valence electrons. The topological polar surface area (TPSA) is 107 Å². The van der Waals surface area contributed by atoms with E-state index in [-0.39, 0.29) is 12.5 Å². The summed E-state index contributed by atoms with van der Waals surface area (Å²) in [7, 11) is 1.54. The number of aromatic nitrogens is 2. The monoisotopic (exact) mass is 358 g/mol. The van der Waals surface area contributed by atoms with E-state index < -0.39 is 5.97 Å². The van der Waals surface area contributed by atoms with Crippen molar-refractivity contribution < 1.29 is 14.7 Å². The van der Waals surface area contributed by atoms with E-state index in [2.05, 4.69) is 20.6 Å². The third-order valence-electron chi connectivity index (χ3n) is 3.70. The fourth-order valence-electron chi connectivity index (χ4n) is 2.53. The van der Waals surface area contributed by atoms with E-state index in [4.69, 9.17) is 16.7 Å². The van der Waals surface area contributed by atoms with E-state index in [1.165, 1.54) is 7.05 Å². The van der Waals surface area contributed by atoms with Crippen LogP contribution in [0.1, 0.15) is 10.4 Å². The summed E-state index contributed by atoms with van der Waals surface area (Å²) in [6.07, 6.45) is 1.75. The number of rotatable bonds is 5. The number of fused-ring (bicyclic) bond motifs is 1. The zero-order valence-electron chi connectivity index (χ0n) is 13.3. The number of nitrogens with one attached hydrogen (secondary N) is 3. The third-order valence-corrected chi connectivity index (χ3v) is 4.03. The van der Waals surface area contributed by atoms with Gasteiger partial charge in [-0.2, -0.15) is 0 Å². The number of benzene rings is 1. The first-order chi connectivity index (χ1) is 12.0. The number of carboxylic acid groups (broad SMARTS) is 1. The second kappa shape index (κ2) is 6.82. The molecule has 0 saturated heterocycles. The molecule has 0 fully saturated rings. The number of nitrogens with zero attached hydrogens (tertiary/aromatic N) is 1. The molecule has 2 aromatic heterocycles. The normalized spacial score (nSPS) is 10.6. The number of pyridine rings is 1. The Kier molecular flexibility index (Phi) is 4.58. The zero-order chi connectivity index (χ0) is 18.0. The van der Waals surface area contributed by atoms with Crippen LogP contribution in [0.3, 0.4) is 0 Å². The molecule has 3 aromatic rings. The molecule has 0 atom stereocenters.